The van der Waals surface area contributed by atoms with E-state index >= 15 is 0 Å². The first-order chi connectivity index (χ1) is 9.55. The molecule has 4 rings (SSSR count). The van der Waals surface area contributed by atoms with Crippen LogP contribution in [0.2, 0.25) is 5.02 Å². The van der Waals surface area contributed by atoms with Gasteiger partial charge in [0.2, 0.25) is 0 Å². The largest absolute Gasteiger partial charge is 0.490 e. The van der Waals surface area contributed by atoms with Crippen molar-refractivity contribution >= 4 is 11.6 Å². The van der Waals surface area contributed by atoms with Crippen molar-refractivity contribution in [3.05, 3.63) is 21.7 Å². The summed E-state index contributed by atoms with van der Waals surface area (Å²) in [6.07, 6.45) is 4.46. The fourth-order valence-electron chi connectivity index (χ4n) is 3.73. The Balaban J connectivity index is 1.98. The number of nitrogens with two attached hydrogens (primary N) is 1. The standard InChI is InChI=1S/C16H20ClNO2/c1-8-5-10-12(16(7-18)3-4-16)14-11(6-9(2)19-14)13(17)15(10)20-8/h8-9H,3-7,18H2,1-2H3. The maximum absolute atomic E-state index is 6.58. The molecule has 0 radical (unpaired) electrons. The highest BCUT2D eigenvalue weighted by molar-refractivity contribution is 6.33. The number of hydrogen-bond donors (Lipinski definition) is 1. The lowest BCUT2D eigenvalue weighted by Crippen LogP contribution is -2.22. The third-order valence-corrected chi connectivity index (χ3v) is 5.34. The Morgan fingerprint density at radius 3 is 2.30 bits per heavy atom. The van der Waals surface area contributed by atoms with Crippen molar-refractivity contribution in [2.24, 2.45) is 5.73 Å². The van der Waals surface area contributed by atoms with Crippen LogP contribution in [0.4, 0.5) is 0 Å². The molecule has 20 heavy (non-hydrogen) atoms. The van der Waals surface area contributed by atoms with E-state index in [1.807, 2.05) is 0 Å². The van der Waals surface area contributed by atoms with Crippen LogP contribution in [-0.4, -0.2) is 18.8 Å². The summed E-state index contributed by atoms with van der Waals surface area (Å²) in [5.41, 5.74) is 9.86. The lowest BCUT2D eigenvalue weighted by molar-refractivity contribution is 0.250. The molecule has 3 aliphatic rings. The van der Waals surface area contributed by atoms with Crippen molar-refractivity contribution in [3.8, 4) is 11.5 Å². The van der Waals surface area contributed by atoms with E-state index in [2.05, 4.69) is 13.8 Å². The average molecular weight is 294 g/mol. The highest BCUT2D eigenvalue weighted by Gasteiger charge is 2.50. The number of benzene rings is 1. The van der Waals surface area contributed by atoms with E-state index in [4.69, 9.17) is 26.8 Å². The van der Waals surface area contributed by atoms with Gasteiger partial charge < -0.3 is 15.2 Å². The van der Waals surface area contributed by atoms with Crippen LogP contribution in [0.25, 0.3) is 0 Å². The van der Waals surface area contributed by atoms with E-state index in [9.17, 15) is 0 Å². The summed E-state index contributed by atoms with van der Waals surface area (Å²) in [5.74, 6) is 1.91. The summed E-state index contributed by atoms with van der Waals surface area (Å²) >= 11 is 6.58. The summed E-state index contributed by atoms with van der Waals surface area (Å²) in [6.45, 7) is 4.87. The molecule has 1 saturated carbocycles. The molecule has 4 heteroatoms. The second kappa shape index (κ2) is 4.05. The number of hydrogen-bond acceptors (Lipinski definition) is 3. The Labute approximate surface area is 124 Å². The normalized spacial score (nSPS) is 28.6. The minimum atomic E-state index is 0.107. The monoisotopic (exact) mass is 293 g/mol. The quantitative estimate of drug-likeness (QED) is 0.912. The van der Waals surface area contributed by atoms with Gasteiger partial charge in [0.05, 0.1) is 5.02 Å². The molecule has 2 unspecified atom stereocenters. The molecule has 0 spiro atoms. The summed E-state index contributed by atoms with van der Waals surface area (Å²) in [6, 6.07) is 0. The predicted octanol–water partition coefficient (Wildman–Crippen LogP) is 2.98. The number of halogens is 1. The van der Waals surface area contributed by atoms with Gasteiger partial charge in [-0.15, -0.1) is 0 Å². The molecular weight excluding hydrogens is 274 g/mol. The Morgan fingerprint density at radius 1 is 1.10 bits per heavy atom. The predicted molar refractivity (Wildman–Crippen MR) is 79.0 cm³/mol. The molecule has 2 heterocycles. The number of rotatable bonds is 2. The average Bonchev–Trinajstić information content (AvgIpc) is 2.95. The van der Waals surface area contributed by atoms with Gasteiger partial charge in [0.25, 0.3) is 0 Å². The molecule has 0 amide bonds. The highest BCUT2D eigenvalue weighted by Crippen LogP contribution is 2.59. The molecule has 0 aromatic heterocycles. The Bertz CT molecular complexity index is 556. The SMILES string of the molecule is CC1Cc2c(c(Cl)c3c(c2C2(CN)CC2)OC(C)C3)O1. The fourth-order valence-corrected chi connectivity index (χ4v) is 4.05. The van der Waals surface area contributed by atoms with Gasteiger partial charge in [-0.25, -0.2) is 0 Å². The molecule has 2 N–H and O–H groups in total. The van der Waals surface area contributed by atoms with Crippen molar-refractivity contribution in [1.82, 2.24) is 0 Å². The molecule has 0 saturated heterocycles. The second-order valence-electron chi connectivity index (χ2n) is 6.55. The molecule has 108 valence electrons. The molecule has 1 fully saturated rings. The highest BCUT2D eigenvalue weighted by atomic mass is 35.5. The van der Waals surface area contributed by atoms with Gasteiger partial charge in [-0.05, 0) is 26.7 Å². The van der Waals surface area contributed by atoms with Crippen LogP contribution in [0.3, 0.4) is 0 Å². The summed E-state index contributed by atoms with van der Waals surface area (Å²) in [5, 5.41) is 0.764. The maximum atomic E-state index is 6.58. The molecule has 1 aromatic rings. The van der Waals surface area contributed by atoms with Gasteiger partial charge in [0.15, 0.2) is 0 Å². The smallest absolute Gasteiger partial charge is 0.142 e. The van der Waals surface area contributed by atoms with Crippen molar-refractivity contribution in [2.75, 3.05) is 6.54 Å². The first kappa shape index (κ1) is 12.8. The molecule has 1 aliphatic carbocycles. The van der Waals surface area contributed by atoms with Crippen LogP contribution >= 0.6 is 11.6 Å². The van der Waals surface area contributed by atoms with Gasteiger partial charge in [-0.1, -0.05) is 11.6 Å². The van der Waals surface area contributed by atoms with Crippen molar-refractivity contribution in [3.63, 3.8) is 0 Å². The van der Waals surface area contributed by atoms with Crippen molar-refractivity contribution < 1.29 is 9.47 Å². The number of fused-ring (bicyclic) bond motifs is 2. The van der Waals surface area contributed by atoms with E-state index in [0.29, 0.717) is 6.54 Å². The minimum absolute atomic E-state index is 0.107. The Hall–Kier alpha value is -0.930. The molecule has 2 atom stereocenters. The second-order valence-corrected chi connectivity index (χ2v) is 6.93. The lowest BCUT2D eigenvalue weighted by Gasteiger charge is -2.21. The number of ether oxygens (including phenoxy) is 2. The first-order valence-corrected chi connectivity index (χ1v) is 7.84. The fraction of sp³-hybridized carbons (Fsp3) is 0.625. The van der Waals surface area contributed by atoms with E-state index in [-0.39, 0.29) is 17.6 Å². The first-order valence-electron chi connectivity index (χ1n) is 7.47. The molecular formula is C16H20ClNO2. The van der Waals surface area contributed by atoms with Crippen LogP contribution in [0.1, 0.15) is 43.4 Å². The van der Waals surface area contributed by atoms with E-state index in [1.54, 1.807) is 0 Å². The van der Waals surface area contributed by atoms with Crippen LogP contribution in [0.15, 0.2) is 0 Å². The third kappa shape index (κ3) is 1.57. The van der Waals surface area contributed by atoms with Crippen molar-refractivity contribution in [2.45, 2.75) is 57.2 Å². The van der Waals surface area contributed by atoms with Crippen LogP contribution in [-0.2, 0) is 18.3 Å². The van der Waals surface area contributed by atoms with Crippen LogP contribution in [0, 0.1) is 0 Å². The zero-order chi connectivity index (χ0) is 14.1. The van der Waals surface area contributed by atoms with Gasteiger partial charge in [0.1, 0.15) is 23.7 Å². The van der Waals surface area contributed by atoms with E-state index < -0.39 is 0 Å². The molecule has 3 nitrogen and oxygen atoms in total. The Kier molecular flexibility index (Phi) is 2.59. The summed E-state index contributed by atoms with van der Waals surface area (Å²) in [4.78, 5) is 0. The van der Waals surface area contributed by atoms with Gasteiger partial charge in [-0.3, -0.25) is 0 Å². The minimum Gasteiger partial charge on any atom is -0.490 e. The van der Waals surface area contributed by atoms with Crippen LogP contribution in [0.5, 0.6) is 11.5 Å². The molecule has 1 aromatic carbocycles. The van der Waals surface area contributed by atoms with Gasteiger partial charge in [-0.2, -0.15) is 0 Å². The van der Waals surface area contributed by atoms with Gasteiger partial charge >= 0.3 is 0 Å². The third-order valence-electron chi connectivity index (χ3n) is 4.94. The summed E-state index contributed by atoms with van der Waals surface area (Å²) in [7, 11) is 0. The molecule has 2 aliphatic heterocycles. The molecule has 0 bridgehead atoms. The summed E-state index contributed by atoms with van der Waals surface area (Å²) < 4.78 is 12.1. The topological polar surface area (TPSA) is 44.5 Å². The lowest BCUT2D eigenvalue weighted by atomic mass is 9.86. The Morgan fingerprint density at radius 2 is 1.70 bits per heavy atom. The van der Waals surface area contributed by atoms with E-state index in [1.165, 1.54) is 11.1 Å². The van der Waals surface area contributed by atoms with Crippen molar-refractivity contribution in [1.29, 1.82) is 0 Å². The van der Waals surface area contributed by atoms with Gasteiger partial charge in [0, 0.05) is 41.5 Å². The zero-order valence-corrected chi connectivity index (χ0v) is 12.7. The maximum Gasteiger partial charge on any atom is 0.142 e. The zero-order valence-electron chi connectivity index (χ0n) is 12.0. The van der Waals surface area contributed by atoms with E-state index in [0.717, 1.165) is 47.8 Å². The van der Waals surface area contributed by atoms with Crippen LogP contribution < -0.4 is 15.2 Å².